The summed E-state index contributed by atoms with van der Waals surface area (Å²) in [5, 5.41) is 10.5. The van der Waals surface area contributed by atoms with E-state index >= 15 is 0 Å². The molecule has 52 heavy (non-hydrogen) atoms. The van der Waals surface area contributed by atoms with E-state index in [2.05, 4.69) is 27.4 Å². The predicted molar refractivity (Wildman–Crippen MR) is 186 cm³/mol. The van der Waals surface area contributed by atoms with Crippen LogP contribution < -0.4 is 14.8 Å². The Kier molecular flexibility index (Phi) is 14.9. The molecule has 0 radical (unpaired) electrons. The van der Waals surface area contributed by atoms with Crippen LogP contribution in [0.5, 0.6) is 11.5 Å². The smallest absolute Gasteiger partial charge is 0.490 e. The Morgan fingerprint density at radius 3 is 1.75 bits per heavy atom. The van der Waals surface area contributed by atoms with Crippen molar-refractivity contribution >= 4 is 12.1 Å². The van der Waals surface area contributed by atoms with E-state index < -0.39 is 17.7 Å². The van der Waals surface area contributed by atoms with Crippen LogP contribution in [0.3, 0.4) is 0 Å². The molecule has 2 aromatic heterocycles. The first-order chi connectivity index (χ1) is 24.7. The Labute approximate surface area is 303 Å². The minimum Gasteiger partial charge on any atom is -0.490 e. The summed E-state index contributed by atoms with van der Waals surface area (Å²) < 4.78 is 59.2. The summed E-state index contributed by atoms with van der Waals surface area (Å²) >= 11 is 0. The van der Waals surface area contributed by atoms with Gasteiger partial charge in [-0.3, -0.25) is 9.97 Å². The summed E-state index contributed by atoms with van der Waals surface area (Å²) in [4.78, 5) is 31.4. The van der Waals surface area contributed by atoms with Gasteiger partial charge < -0.3 is 39.0 Å². The number of aliphatic carboxylic acids is 1. The summed E-state index contributed by atoms with van der Waals surface area (Å²) in [5.74, 6) is 1.62. The first-order valence-electron chi connectivity index (χ1n) is 17.8. The SMILES string of the molecule is COCC[C@H]1C[C@@H]1c1cncc(OC[C@@H]2CCN2)c1.COCC[C@H]1C[C@@H]1c1cncc(OC[C@@H]2CCN2C(=O)OC(C)(C)C)c1.O=C(O)C(F)(F)F. The molecule has 1 amide bonds. The number of carbonyl (C=O) groups is 2. The van der Waals surface area contributed by atoms with Crippen molar-refractivity contribution in [1.29, 1.82) is 0 Å². The van der Waals surface area contributed by atoms with Crippen molar-refractivity contribution < 1.29 is 51.6 Å². The van der Waals surface area contributed by atoms with Crippen molar-refractivity contribution in [2.24, 2.45) is 11.8 Å². The highest BCUT2D eigenvalue weighted by molar-refractivity contribution is 5.73. The number of carboxylic acid groups (broad SMARTS) is 1. The maximum Gasteiger partial charge on any atom is 0.490 e. The minimum absolute atomic E-state index is 0.0730. The number of hydrogen-bond acceptors (Lipinski definition) is 10. The number of carbonyl (C=O) groups excluding carboxylic acids is 1. The summed E-state index contributed by atoms with van der Waals surface area (Å²) in [5.41, 5.74) is 2.08. The number of carboxylic acids is 1. The number of ether oxygens (including phenoxy) is 5. The molecule has 4 heterocycles. The van der Waals surface area contributed by atoms with Gasteiger partial charge in [0.2, 0.25) is 0 Å². The van der Waals surface area contributed by atoms with Crippen molar-refractivity contribution in [3.63, 3.8) is 0 Å². The fourth-order valence-electron chi connectivity index (χ4n) is 5.98. The van der Waals surface area contributed by atoms with Crippen LogP contribution in [-0.2, 0) is 19.0 Å². The minimum atomic E-state index is -5.08. The van der Waals surface area contributed by atoms with E-state index in [1.165, 1.54) is 30.4 Å². The van der Waals surface area contributed by atoms with Gasteiger partial charge in [0.15, 0.2) is 0 Å². The van der Waals surface area contributed by atoms with Gasteiger partial charge in [-0.25, -0.2) is 9.59 Å². The van der Waals surface area contributed by atoms with Crippen LogP contribution in [-0.4, -0.2) is 110 Å². The topological polar surface area (TPSA) is 142 Å². The molecule has 6 rings (SSSR count). The molecule has 2 saturated heterocycles. The Morgan fingerprint density at radius 1 is 0.865 bits per heavy atom. The van der Waals surface area contributed by atoms with Crippen LogP contribution in [0.2, 0.25) is 0 Å². The van der Waals surface area contributed by atoms with E-state index in [1.807, 2.05) is 39.4 Å². The maximum absolute atomic E-state index is 12.2. The van der Waals surface area contributed by atoms with Gasteiger partial charge in [0, 0.05) is 52.4 Å². The molecule has 4 aliphatic rings. The molecule has 0 bridgehead atoms. The van der Waals surface area contributed by atoms with Crippen LogP contribution in [0.15, 0.2) is 36.9 Å². The number of nitrogens with zero attached hydrogens (tertiary/aromatic N) is 3. The van der Waals surface area contributed by atoms with Gasteiger partial charge in [0.1, 0.15) is 30.3 Å². The van der Waals surface area contributed by atoms with Crippen molar-refractivity contribution in [3.8, 4) is 11.5 Å². The van der Waals surface area contributed by atoms with E-state index in [0.29, 0.717) is 30.4 Å². The largest absolute Gasteiger partial charge is 0.490 e. The highest BCUT2D eigenvalue weighted by Gasteiger charge is 2.40. The lowest BCUT2D eigenvalue weighted by molar-refractivity contribution is -0.192. The molecule has 6 atom stereocenters. The van der Waals surface area contributed by atoms with E-state index in [1.54, 1.807) is 25.3 Å². The third-order valence-corrected chi connectivity index (χ3v) is 9.39. The first kappa shape index (κ1) is 41.1. The Bertz CT molecular complexity index is 1440. The summed E-state index contributed by atoms with van der Waals surface area (Å²) in [6.07, 6.45) is 8.99. The number of aromatic nitrogens is 2. The van der Waals surface area contributed by atoms with E-state index in [0.717, 1.165) is 69.6 Å². The fraction of sp³-hybridized carbons (Fsp3) is 0.676. The molecule has 15 heteroatoms. The van der Waals surface area contributed by atoms with E-state index in [-0.39, 0.29) is 12.1 Å². The second-order valence-electron chi connectivity index (χ2n) is 14.7. The average Bonchev–Trinajstić information content (AvgIpc) is 3.97. The second-order valence-corrected chi connectivity index (χ2v) is 14.7. The maximum atomic E-state index is 12.2. The molecule has 2 aliphatic heterocycles. The first-order valence-corrected chi connectivity index (χ1v) is 17.8. The highest BCUT2D eigenvalue weighted by Crippen LogP contribution is 2.50. The molecule has 2 aliphatic carbocycles. The quantitative estimate of drug-likeness (QED) is 0.229. The molecular weight excluding hydrogens is 685 g/mol. The normalized spacial score (nSPS) is 24.4. The lowest BCUT2D eigenvalue weighted by Crippen LogP contribution is -2.55. The molecule has 0 spiro atoms. The van der Waals surface area contributed by atoms with Gasteiger partial charge >= 0.3 is 18.2 Å². The van der Waals surface area contributed by atoms with Gasteiger partial charge in [-0.05, 0) is 113 Å². The second kappa shape index (κ2) is 18.9. The third kappa shape index (κ3) is 13.4. The Morgan fingerprint density at radius 2 is 1.37 bits per heavy atom. The van der Waals surface area contributed by atoms with Gasteiger partial charge in [-0.2, -0.15) is 13.2 Å². The summed E-state index contributed by atoms with van der Waals surface area (Å²) in [6.45, 7) is 10.4. The van der Waals surface area contributed by atoms with E-state index in [4.69, 9.17) is 33.6 Å². The van der Waals surface area contributed by atoms with Crippen LogP contribution in [0.25, 0.3) is 0 Å². The summed E-state index contributed by atoms with van der Waals surface area (Å²) in [7, 11) is 3.51. The number of methoxy groups -OCH3 is 2. The monoisotopic (exact) mass is 738 g/mol. The molecule has 0 unspecified atom stereocenters. The number of hydrogen-bond donors (Lipinski definition) is 2. The molecule has 2 aromatic rings. The third-order valence-electron chi connectivity index (χ3n) is 9.39. The number of likely N-dealkylation sites (tertiary alicyclic amines) is 1. The lowest BCUT2D eigenvalue weighted by Gasteiger charge is -2.40. The van der Waals surface area contributed by atoms with Crippen molar-refractivity contribution in [2.45, 2.75) is 95.0 Å². The number of amides is 1. The van der Waals surface area contributed by atoms with Gasteiger partial charge in [0.25, 0.3) is 0 Å². The average molecular weight is 739 g/mol. The van der Waals surface area contributed by atoms with Crippen LogP contribution in [0.4, 0.5) is 18.0 Å². The van der Waals surface area contributed by atoms with Gasteiger partial charge in [0.05, 0.1) is 18.4 Å². The number of rotatable bonds is 14. The number of halogens is 3. The van der Waals surface area contributed by atoms with E-state index in [9.17, 15) is 18.0 Å². The lowest BCUT2D eigenvalue weighted by atomic mass is 10.1. The zero-order valence-electron chi connectivity index (χ0n) is 30.7. The Hall–Kier alpha value is -3.69. The highest BCUT2D eigenvalue weighted by atomic mass is 19.4. The van der Waals surface area contributed by atoms with Crippen molar-refractivity contribution in [3.05, 3.63) is 48.0 Å². The number of nitrogens with one attached hydrogen (secondary N) is 1. The molecular formula is C37H53F3N4O8. The fourth-order valence-corrected chi connectivity index (χ4v) is 5.98. The standard InChI is InChI=1S/C20H30N2O4.C15H22N2O2.C2HF3O2/c1-20(2,3)26-19(23)22-7-5-16(22)13-25-17-9-15(11-21-12-17)18-10-14(18)6-8-24-4;1-18-5-3-11-7-15(11)12-6-14(9-16-8-12)19-10-13-2-4-17-13;3-2(4,5)1(6)7/h9,11-12,14,16,18H,5-8,10,13H2,1-4H3;6,8-9,11,13,15,17H,2-5,7,10H2,1H3;(H,6,7)/t14-,16-,18-;11-,13-,15-;/m00./s1. The van der Waals surface area contributed by atoms with Gasteiger partial charge in [-0.1, -0.05) is 0 Å². The Balaban J connectivity index is 0.000000203. The molecule has 2 saturated carbocycles. The van der Waals surface area contributed by atoms with Crippen LogP contribution in [0, 0.1) is 11.8 Å². The molecule has 0 aromatic carbocycles. The van der Waals surface area contributed by atoms with Crippen molar-refractivity contribution in [1.82, 2.24) is 20.2 Å². The number of alkyl halides is 3. The summed E-state index contributed by atoms with van der Waals surface area (Å²) in [6, 6.07) is 4.84. The van der Waals surface area contributed by atoms with Gasteiger partial charge in [-0.15, -0.1) is 0 Å². The number of pyridine rings is 2. The zero-order chi connectivity index (χ0) is 37.9. The molecule has 2 N–H and O–H groups in total. The van der Waals surface area contributed by atoms with Crippen molar-refractivity contribution in [2.75, 3.05) is 53.7 Å². The van der Waals surface area contributed by atoms with Crippen LogP contribution >= 0.6 is 0 Å². The van der Waals surface area contributed by atoms with Crippen LogP contribution in [0.1, 0.15) is 82.3 Å². The molecule has 12 nitrogen and oxygen atoms in total. The zero-order valence-corrected chi connectivity index (χ0v) is 30.7. The molecule has 4 fully saturated rings. The molecule has 290 valence electrons. The predicted octanol–water partition coefficient (Wildman–Crippen LogP) is 6.21.